The van der Waals surface area contributed by atoms with Crippen LogP contribution in [0.1, 0.15) is 47.2 Å². The van der Waals surface area contributed by atoms with Crippen LogP contribution in [-0.2, 0) is 13.1 Å². The Morgan fingerprint density at radius 3 is 2.45 bits per heavy atom. The first-order valence-electron chi connectivity index (χ1n) is 7.75. The third kappa shape index (κ3) is 6.48. The zero-order valence-corrected chi connectivity index (χ0v) is 13.9. The molecule has 0 fully saturated rings. The molecule has 1 N–H and O–H groups in total. The van der Waals surface area contributed by atoms with E-state index in [0.29, 0.717) is 18.0 Å². The first-order valence-corrected chi connectivity index (χ1v) is 7.75. The second-order valence-electron chi connectivity index (χ2n) is 6.49. The second-order valence-corrected chi connectivity index (χ2v) is 6.49. The fourth-order valence-electron chi connectivity index (χ4n) is 2.10. The minimum absolute atomic E-state index is 0.475. The highest BCUT2D eigenvalue weighted by molar-refractivity contribution is 4.91. The monoisotopic (exact) mass is 281 g/mol. The number of rotatable bonds is 9. The van der Waals surface area contributed by atoms with E-state index in [9.17, 15) is 0 Å². The number of hydrogen-bond donors (Lipinski definition) is 1. The normalized spacial score (nSPS) is 12.3. The summed E-state index contributed by atoms with van der Waals surface area (Å²) in [5.41, 5.74) is 1.01. The van der Waals surface area contributed by atoms with Gasteiger partial charge < -0.3 is 5.32 Å². The second kappa shape index (κ2) is 8.37. The Labute approximate surface area is 123 Å². The van der Waals surface area contributed by atoms with E-state index < -0.39 is 0 Å². The summed E-state index contributed by atoms with van der Waals surface area (Å²) in [6.07, 6.45) is 2.04. The van der Waals surface area contributed by atoms with Crippen LogP contribution >= 0.6 is 0 Å². The molecule has 20 heavy (non-hydrogen) atoms. The summed E-state index contributed by atoms with van der Waals surface area (Å²) in [5.74, 6) is 0.693. The summed E-state index contributed by atoms with van der Waals surface area (Å²) >= 11 is 0. The van der Waals surface area contributed by atoms with Gasteiger partial charge in [0.15, 0.2) is 0 Å². The molecule has 1 rings (SSSR count). The molecule has 1 aromatic heterocycles. The van der Waals surface area contributed by atoms with E-state index in [2.05, 4.69) is 62.1 Å². The first kappa shape index (κ1) is 17.1. The van der Waals surface area contributed by atoms with Crippen molar-refractivity contribution in [1.82, 2.24) is 25.2 Å². The van der Waals surface area contributed by atoms with Crippen molar-refractivity contribution < 1.29 is 0 Å². The maximum Gasteiger partial charge on any atom is 0.0964 e. The Balaban J connectivity index is 2.43. The quantitative estimate of drug-likeness (QED) is 0.753. The van der Waals surface area contributed by atoms with Crippen molar-refractivity contribution in [2.45, 2.75) is 66.7 Å². The van der Waals surface area contributed by atoms with E-state index in [0.717, 1.165) is 31.9 Å². The first-order chi connectivity index (χ1) is 9.38. The van der Waals surface area contributed by atoms with Crippen molar-refractivity contribution in [3.63, 3.8) is 0 Å². The molecule has 1 heterocycles. The molecule has 0 aliphatic heterocycles. The molecule has 0 aliphatic carbocycles. The van der Waals surface area contributed by atoms with Crippen molar-refractivity contribution in [3.8, 4) is 0 Å². The number of aromatic nitrogens is 3. The van der Waals surface area contributed by atoms with Crippen LogP contribution in [0.3, 0.4) is 0 Å². The van der Waals surface area contributed by atoms with Gasteiger partial charge in [-0.15, -0.1) is 5.10 Å². The molecule has 0 radical (unpaired) electrons. The van der Waals surface area contributed by atoms with Gasteiger partial charge >= 0.3 is 0 Å². The van der Waals surface area contributed by atoms with Crippen LogP contribution in [0.5, 0.6) is 0 Å². The standard InChI is InChI=1S/C15H31N5/c1-12(2)10-19(14(5)6)7-8-20-11-15(17-18-20)9-16-13(3)4/h11-14,16H,7-10H2,1-6H3. The molecular formula is C15H31N5. The Kier molecular flexibility index (Phi) is 7.16. The van der Waals surface area contributed by atoms with E-state index >= 15 is 0 Å². The summed E-state index contributed by atoms with van der Waals surface area (Å²) in [5, 5.41) is 11.8. The van der Waals surface area contributed by atoms with Crippen LogP contribution in [0.15, 0.2) is 6.20 Å². The number of nitrogens with zero attached hydrogens (tertiary/aromatic N) is 4. The van der Waals surface area contributed by atoms with Gasteiger partial charge in [-0.25, -0.2) is 0 Å². The lowest BCUT2D eigenvalue weighted by Crippen LogP contribution is -2.36. The van der Waals surface area contributed by atoms with Gasteiger partial charge in [0, 0.05) is 37.9 Å². The highest BCUT2D eigenvalue weighted by atomic mass is 15.4. The van der Waals surface area contributed by atoms with E-state index in [1.807, 2.05) is 10.9 Å². The Morgan fingerprint density at radius 2 is 1.90 bits per heavy atom. The fourth-order valence-corrected chi connectivity index (χ4v) is 2.10. The fraction of sp³-hybridized carbons (Fsp3) is 0.867. The van der Waals surface area contributed by atoms with E-state index in [-0.39, 0.29) is 0 Å². The minimum Gasteiger partial charge on any atom is -0.309 e. The molecule has 0 bridgehead atoms. The predicted molar refractivity (Wildman–Crippen MR) is 83.5 cm³/mol. The lowest BCUT2D eigenvalue weighted by Gasteiger charge is -2.27. The molecule has 0 atom stereocenters. The molecule has 5 heteroatoms. The van der Waals surface area contributed by atoms with E-state index in [1.54, 1.807) is 0 Å². The summed E-state index contributed by atoms with van der Waals surface area (Å²) in [7, 11) is 0. The number of nitrogens with one attached hydrogen (secondary N) is 1. The summed E-state index contributed by atoms with van der Waals surface area (Å²) in [6, 6.07) is 1.05. The van der Waals surface area contributed by atoms with Crippen LogP contribution in [-0.4, -0.2) is 45.1 Å². The highest BCUT2D eigenvalue weighted by Gasteiger charge is 2.11. The molecule has 0 saturated heterocycles. The van der Waals surface area contributed by atoms with Crippen molar-refractivity contribution in [3.05, 3.63) is 11.9 Å². The van der Waals surface area contributed by atoms with E-state index in [4.69, 9.17) is 0 Å². The molecule has 0 aliphatic rings. The van der Waals surface area contributed by atoms with Crippen molar-refractivity contribution >= 4 is 0 Å². The van der Waals surface area contributed by atoms with Crippen molar-refractivity contribution in [2.24, 2.45) is 5.92 Å². The van der Waals surface area contributed by atoms with Gasteiger partial charge in [0.25, 0.3) is 0 Å². The van der Waals surface area contributed by atoms with Gasteiger partial charge in [-0.05, 0) is 19.8 Å². The van der Waals surface area contributed by atoms with Crippen molar-refractivity contribution in [1.29, 1.82) is 0 Å². The third-order valence-corrected chi connectivity index (χ3v) is 3.22. The maximum atomic E-state index is 4.20. The lowest BCUT2D eigenvalue weighted by molar-refractivity contribution is 0.187. The van der Waals surface area contributed by atoms with Crippen LogP contribution in [0.2, 0.25) is 0 Å². The zero-order valence-electron chi connectivity index (χ0n) is 13.9. The van der Waals surface area contributed by atoms with Crippen LogP contribution in [0, 0.1) is 5.92 Å². The molecule has 0 amide bonds. The highest BCUT2D eigenvalue weighted by Crippen LogP contribution is 2.04. The molecule has 0 aromatic carbocycles. The molecule has 116 valence electrons. The topological polar surface area (TPSA) is 46.0 Å². The maximum absolute atomic E-state index is 4.20. The Morgan fingerprint density at radius 1 is 1.20 bits per heavy atom. The molecular weight excluding hydrogens is 250 g/mol. The molecule has 0 unspecified atom stereocenters. The van der Waals surface area contributed by atoms with Gasteiger partial charge in [-0.1, -0.05) is 32.9 Å². The zero-order chi connectivity index (χ0) is 15.1. The third-order valence-electron chi connectivity index (χ3n) is 3.22. The molecule has 0 saturated carbocycles. The molecule has 1 aromatic rings. The summed E-state index contributed by atoms with van der Waals surface area (Å²) < 4.78 is 1.95. The predicted octanol–water partition coefficient (Wildman–Crippen LogP) is 2.14. The van der Waals surface area contributed by atoms with Gasteiger partial charge in [0.1, 0.15) is 0 Å². The van der Waals surface area contributed by atoms with Crippen molar-refractivity contribution in [2.75, 3.05) is 13.1 Å². The van der Waals surface area contributed by atoms with Crippen LogP contribution < -0.4 is 5.32 Å². The summed E-state index contributed by atoms with van der Waals surface area (Å²) in [4.78, 5) is 2.50. The van der Waals surface area contributed by atoms with Gasteiger partial charge in [-0.2, -0.15) is 0 Å². The smallest absolute Gasteiger partial charge is 0.0964 e. The van der Waals surface area contributed by atoms with Gasteiger partial charge in [-0.3, -0.25) is 9.58 Å². The summed E-state index contributed by atoms with van der Waals surface area (Å²) in [6.45, 7) is 17.2. The SMILES string of the molecule is CC(C)CN(CCn1cc(CNC(C)C)nn1)C(C)C. The van der Waals surface area contributed by atoms with E-state index in [1.165, 1.54) is 0 Å². The average molecular weight is 281 g/mol. The number of hydrogen-bond acceptors (Lipinski definition) is 4. The molecule has 5 nitrogen and oxygen atoms in total. The van der Waals surface area contributed by atoms with Gasteiger partial charge in [0.2, 0.25) is 0 Å². The van der Waals surface area contributed by atoms with Crippen LogP contribution in [0.4, 0.5) is 0 Å². The largest absolute Gasteiger partial charge is 0.309 e. The Hall–Kier alpha value is -0.940. The lowest BCUT2D eigenvalue weighted by atomic mass is 10.2. The van der Waals surface area contributed by atoms with Crippen LogP contribution in [0.25, 0.3) is 0 Å². The molecule has 0 spiro atoms. The van der Waals surface area contributed by atoms with Gasteiger partial charge in [0.05, 0.1) is 12.2 Å². The Bertz CT molecular complexity index is 370. The minimum atomic E-state index is 0.475. The average Bonchev–Trinajstić information content (AvgIpc) is 2.79.